The Balaban J connectivity index is 3.10. The number of aryl methyl sites for hydroxylation is 1. The van der Waals surface area contributed by atoms with Gasteiger partial charge in [-0.15, -0.1) is 11.3 Å². The molecular weight excluding hydrogens is 284 g/mol. The molecule has 0 saturated carbocycles. The molecule has 1 aromatic rings. The molecule has 0 aliphatic carbocycles. The van der Waals surface area contributed by atoms with Crippen molar-refractivity contribution in [2.24, 2.45) is 0 Å². The first-order valence-corrected chi connectivity index (χ1v) is 10.3. The first-order valence-electron chi connectivity index (χ1n) is 9.48. The highest BCUT2D eigenvalue weighted by Crippen LogP contribution is 2.43. The topological polar surface area (TPSA) is 0 Å². The van der Waals surface area contributed by atoms with Crippen LogP contribution in [-0.4, -0.2) is 0 Å². The maximum absolute atomic E-state index is 2.55. The minimum atomic E-state index is 0.323. The van der Waals surface area contributed by atoms with Crippen molar-refractivity contribution in [3.63, 3.8) is 0 Å². The molecule has 0 unspecified atom stereocenters. The maximum atomic E-state index is 2.55. The molecule has 0 nitrogen and oxygen atoms in total. The SMILES string of the molecule is CCCCCCc1cc(C(C)(C)CC)sc1C(C)(CC)CC. The highest BCUT2D eigenvalue weighted by Gasteiger charge is 2.30. The van der Waals surface area contributed by atoms with Gasteiger partial charge in [0.25, 0.3) is 0 Å². The van der Waals surface area contributed by atoms with Gasteiger partial charge in [0.1, 0.15) is 0 Å². The second-order valence-electron chi connectivity index (χ2n) is 7.78. The summed E-state index contributed by atoms with van der Waals surface area (Å²) in [6.07, 6.45) is 10.4. The van der Waals surface area contributed by atoms with Gasteiger partial charge >= 0.3 is 0 Å². The van der Waals surface area contributed by atoms with E-state index in [4.69, 9.17) is 0 Å². The van der Waals surface area contributed by atoms with Crippen LogP contribution in [0.5, 0.6) is 0 Å². The van der Waals surface area contributed by atoms with Gasteiger partial charge in [-0.2, -0.15) is 0 Å². The second-order valence-corrected chi connectivity index (χ2v) is 8.83. The van der Waals surface area contributed by atoms with Crippen LogP contribution in [0.2, 0.25) is 0 Å². The minimum Gasteiger partial charge on any atom is -0.144 e. The zero-order valence-corrected chi connectivity index (χ0v) is 17.0. The van der Waals surface area contributed by atoms with Crippen LogP contribution in [-0.2, 0) is 17.3 Å². The van der Waals surface area contributed by atoms with Crippen LogP contribution in [0.3, 0.4) is 0 Å². The molecule has 0 aliphatic heterocycles. The summed E-state index contributed by atoms with van der Waals surface area (Å²) in [5, 5.41) is 0. The predicted molar refractivity (Wildman–Crippen MR) is 103 cm³/mol. The summed E-state index contributed by atoms with van der Waals surface area (Å²) >= 11 is 2.11. The molecule has 128 valence electrons. The average molecular weight is 323 g/mol. The fourth-order valence-corrected chi connectivity index (χ4v) is 4.62. The van der Waals surface area contributed by atoms with Crippen LogP contribution < -0.4 is 0 Å². The summed E-state index contributed by atoms with van der Waals surface area (Å²) in [6.45, 7) is 16.6. The monoisotopic (exact) mass is 322 g/mol. The van der Waals surface area contributed by atoms with E-state index in [0.29, 0.717) is 10.8 Å². The van der Waals surface area contributed by atoms with Crippen molar-refractivity contribution in [3.05, 3.63) is 21.4 Å². The van der Waals surface area contributed by atoms with Gasteiger partial charge in [0, 0.05) is 15.2 Å². The summed E-state index contributed by atoms with van der Waals surface area (Å²) in [7, 11) is 0. The molecule has 1 heterocycles. The third-order valence-electron chi connectivity index (χ3n) is 5.77. The Morgan fingerprint density at radius 2 is 1.50 bits per heavy atom. The fraction of sp³-hybridized carbons (Fsp3) is 0.810. The van der Waals surface area contributed by atoms with Gasteiger partial charge in [-0.25, -0.2) is 0 Å². The van der Waals surface area contributed by atoms with Crippen molar-refractivity contribution in [2.75, 3.05) is 0 Å². The van der Waals surface area contributed by atoms with Crippen molar-refractivity contribution in [2.45, 2.75) is 111 Å². The summed E-state index contributed by atoms with van der Waals surface area (Å²) < 4.78 is 0. The molecule has 0 amide bonds. The Kier molecular flexibility index (Phi) is 7.65. The lowest BCUT2D eigenvalue weighted by atomic mass is 9.80. The first-order chi connectivity index (χ1) is 10.3. The van der Waals surface area contributed by atoms with Crippen molar-refractivity contribution >= 4 is 11.3 Å². The van der Waals surface area contributed by atoms with Gasteiger partial charge in [-0.3, -0.25) is 0 Å². The zero-order valence-electron chi connectivity index (χ0n) is 16.1. The number of hydrogen-bond donors (Lipinski definition) is 0. The Hall–Kier alpha value is -0.300. The number of hydrogen-bond acceptors (Lipinski definition) is 1. The van der Waals surface area contributed by atoms with Crippen molar-refractivity contribution in [1.29, 1.82) is 0 Å². The molecule has 0 atom stereocenters. The normalized spacial score (nSPS) is 12.9. The van der Waals surface area contributed by atoms with Gasteiger partial charge in [-0.1, -0.05) is 67.7 Å². The molecule has 0 saturated heterocycles. The van der Waals surface area contributed by atoms with Gasteiger partial charge in [0.15, 0.2) is 0 Å². The molecule has 0 N–H and O–H groups in total. The molecule has 0 aliphatic rings. The number of rotatable bonds is 10. The van der Waals surface area contributed by atoms with E-state index in [9.17, 15) is 0 Å². The minimum absolute atomic E-state index is 0.323. The highest BCUT2D eigenvalue weighted by molar-refractivity contribution is 7.12. The third kappa shape index (κ3) is 4.60. The van der Waals surface area contributed by atoms with Crippen LogP contribution in [0.25, 0.3) is 0 Å². The molecule has 1 heteroatoms. The maximum Gasteiger partial charge on any atom is 0.0139 e. The number of unbranched alkanes of at least 4 members (excludes halogenated alkanes) is 3. The van der Waals surface area contributed by atoms with E-state index < -0.39 is 0 Å². The van der Waals surface area contributed by atoms with E-state index in [1.54, 1.807) is 15.3 Å². The summed E-state index contributed by atoms with van der Waals surface area (Å²) in [4.78, 5) is 3.29. The van der Waals surface area contributed by atoms with E-state index in [2.05, 4.69) is 65.9 Å². The van der Waals surface area contributed by atoms with Crippen molar-refractivity contribution in [1.82, 2.24) is 0 Å². The van der Waals surface area contributed by atoms with E-state index in [1.165, 1.54) is 51.4 Å². The lowest BCUT2D eigenvalue weighted by molar-refractivity contribution is 0.443. The number of thiophene rings is 1. The van der Waals surface area contributed by atoms with Gasteiger partial charge in [0.05, 0.1) is 0 Å². The largest absolute Gasteiger partial charge is 0.144 e. The van der Waals surface area contributed by atoms with E-state index in [0.717, 1.165) is 0 Å². The van der Waals surface area contributed by atoms with Crippen LogP contribution >= 0.6 is 11.3 Å². The van der Waals surface area contributed by atoms with Crippen LogP contribution in [0, 0.1) is 0 Å². The lowest BCUT2D eigenvalue weighted by Gasteiger charge is -2.27. The molecule has 22 heavy (non-hydrogen) atoms. The molecule has 1 rings (SSSR count). The molecule has 0 spiro atoms. The highest BCUT2D eigenvalue weighted by atomic mass is 32.1. The Bertz CT molecular complexity index is 435. The van der Waals surface area contributed by atoms with Crippen LogP contribution in [0.1, 0.15) is 109 Å². The van der Waals surface area contributed by atoms with E-state index in [-0.39, 0.29) is 0 Å². The molecule has 0 aromatic carbocycles. The standard InChI is InChI=1S/C21H38S/c1-8-12-13-14-15-17-16-18(20(5,6)9-2)22-19(17)21(7,10-3)11-4/h16H,8-15H2,1-7H3. The zero-order chi connectivity index (χ0) is 16.8. The lowest BCUT2D eigenvalue weighted by Crippen LogP contribution is -2.19. The smallest absolute Gasteiger partial charge is 0.0139 e. The second kappa shape index (κ2) is 8.52. The van der Waals surface area contributed by atoms with Crippen LogP contribution in [0.15, 0.2) is 6.07 Å². The fourth-order valence-electron chi connectivity index (χ4n) is 2.95. The first kappa shape index (κ1) is 19.7. The quantitative estimate of drug-likeness (QED) is 0.388. The van der Waals surface area contributed by atoms with E-state index in [1.807, 2.05) is 0 Å². The van der Waals surface area contributed by atoms with Gasteiger partial charge in [-0.05, 0) is 49.1 Å². The van der Waals surface area contributed by atoms with Crippen molar-refractivity contribution in [3.8, 4) is 0 Å². The van der Waals surface area contributed by atoms with Crippen molar-refractivity contribution < 1.29 is 0 Å². The van der Waals surface area contributed by atoms with E-state index >= 15 is 0 Å². The van der Waals surface area contributed by atoms with Crippen LogP contribution in [0.4, 0.5) is 0 Å². The van der Waals surface area contributed by atoms with Gasteiger partial charge in [0.2, 0.25) is 0 Å². The Labute approximate surface area is 143 Å². The molecular formula is C21H38S. The molecule has 0 radical (unpaired) electrons. The Morgan fingerprint density at radius 3 is 2.00 bits per heavy atom. The van der Waals surface area contributed by atoms with Gasteiger partial charge < -0.3 is 0 Å². The predicted octanol–water partition coefficient (Wildman–Crippen LogP) is 7.64. The Morgan fingerprint density at radius 1 is 0.864 bits per heavy atom. The third-order valence-corrected chi connectivity index (χ3v) is 7.62. The molecule has 0 bridgehead atoms. The summed E-state index contributed by atoms with van der Waals surface area (Å²) in [6, 6.07) is 2.55. The summed E-state index contributed by atoms with van der Waals surface area (Å²) in [5.41, 5.74) is 2.35. The molecule has 1 aromatic heterocycles. The molecule has 0 fully saturated rings. The average Bonchev–Trinajstić information content (AvgIpc) is 2.96. The summed E-state index contributed by atoms with van der Waals surface area (Å²) in [5.74, 6) is 0.